The molecule has 0 N–H and O–H groups in total. The van der Waals surface area contributed by atoms with Gasteiger partial charge in [-0.25, -0.2) is 9.78 Å². The topological polar surface area (TPSA) is 86.8 Å². The van der Waals surface area contributed by atoms with E-state index in [0.29, 0.717) is 12.8 Å². The van der Waals surface area contributed by atoms with Crippen molar-refractivity contribution in [2.75, 3.05) is 6.61 Å². The molecule has 0 spiro atoms. The Labute approximate surface area is 105 Å². The van der Waals surface area contributed by atoms with Crippen molar-refractivity contribution in [3.05, 3.63) is 29.1 Å². The van der Waals surface area contributed by atoms with E-state index in [2.05, 4.69) is 4.98 Å². The number of carbonyl (C=O) groups is 1. The summed E-state index contributed by atoms with van der Waals surface area (Å²) in [5.74, 6) is -0.480. The van der Waals surface area contributed by atoms with Gasteiger partial charge < -0.3 is 4.74 Å². The van der Waals surface area contributed by atoms with E-state index in [1.165, 1.54) is 0 Å². The van der Waals surface area contributed by atoms with Crippen molar-refractivity contribution in [3.63, 3.8) is 0 Å². The molecule has 0 radical (unpaired) electrons. The summed E-state index contributed by atoms with van der Waals surface area (Å²) in [5, 5.41) is 18.1. The summed E-state index contributed by atoms with van der Waals surface area (Å²) in [4.78, 5) is 15.5. The molecule has 0 unspecified atom stereocenters. The van der Waals surface area contributed by atoms with E-state index in [1.807, 2.05) is 12.1 Å². The molecular formula is C13H11N3O2. The molecule has 1 aliphatic carbocycles. The summed E-state index contributed by atoms with van der Waals surface area (Å²) in [6.45, 7) is 2.01. The van der Waals surface area contributed by atoms with Crippen LogP contribution in [0.4, 0.5) is 0 Å². The van der Waals surface area contributed by atoms with Crippen LogP contribution in [0.1, 0.15) is 28.5 Å². The van der Waals surface area contributed by atoms with Gasteiger partial charge >= 0.3 is 5.97 Å². The molecule has 5 nitrogen and oxygen atoms in total. The first-order chi connectivity index (χ1) is 8.64. The molecule has 18 heavy (non-hydrogen) atoms. The monoisotopic (exact) mass is 241 g/mol. The Morgan fingerprint density at radius 1 is 1.44 bits per heavy atom. The van der Waals surface area contributed by atoms with Crippen LogP contribution in [0.15, 0.2) is 12.3 Å². The van der Waals surface area contributed by atoms with E-state index < -0.39 is 11.4 Å². The Morgan fingerprint density at radius 3 is 2.72 bits per heavy atom. The molecule has 1 aromatic heterocycles. The molecule has 0 bridgehead atoms. The SMILES string of the molecule is CCOC(=O)c1cc2c(cn1)CC(C#N)(C#N)C2. The van der Waals surface area contributed by atoms with Crippen LogP contribution in [0.2, 0.25) is 0 Å². The fourth-order valence-corrected chi connectivity index (χ4v) is 2.06. The van der Waals surface area contributed by atoms with Gasteiger partial charge in [0.15, 0.2) is 5.41 Å². The van der Waals surface area contributed by atoms with E-state index in [4.69, 9.17) is 15.3 Å². The standard InChI is InChI=1S/C13H11N3O2/c1-2-18-12(17)11-3-9-4-13(7-14,8-15)5-10(9)6-16-11/h3,6H,2,4-5H2,1H3. The van der Waals surface area contributed by atoms with Gasteiger partial charge in [0.05, 0.1) is 18.7 Å². The first-order valence-corrected chi connectivity index (χ1v) is 5.61. The van der Waals surface area contributed by atoms with Crippen molar-refractivity contribution in [3.8, 4) is 12.1 Å². The van der Waals surface area contributed by atoms with Crippen LogP contribution in [0.5, 0.6) is 0 Å². The Hall–Kier alpha value is -2.40. The number of hydrogen-bond donors (Lipinski definition) is 0. The maximum atomic E-state index is 11.5. The molecule has 0 aliphatic heterocycles. The Bertz CT molecular complexity index is 567. The summed E-state index contributed by atoms with van der Waals surface area (Å²) in [6.07, 6.45) is 2.26. The minimum atomic E-state index is -1.02. The smallest absolute Gasteiger partial charge is 0.356 e. The van der Waals surface area contributed by atoms with Crippen LogP contribution < -0.4 is 0 Å². The van der Waals surface area contributed by atoms with Gasteiger partial charge in [-0.1, -0.05) is 0 Å². The van der Waals surface area contributed by atoms with Gasteiger partial charge in [0, 0.05) is 19.0 Å². The van der Waals surface area contributed by atoms with Crippen molar-refractivity contribution in [2.24, 2.45) is 5.41 Å². The maximum Gasteiger partial charge on any atom is 0.356 e. The highest BCUT2D eigenvalue weighted by molar-refractivity contribution is 5.87. The Kier molecular flexibility index (Phi) is 2.99. The first kappa shape index (κ1) is 12.1. The third kappa shape index (κ3) is 1.91. The number of aromatic nitrogens is 1. The van der Waals surface area contributed by atoms with Gasteiger partial charge in [-0.05, 0) is 24.1 Å². The molecule has 0 saturated heterocycles. The van der Waals surface area contributed by atoms with E-state index in [0.717, 1.165) is 11.1 Å². The van der Waals surface area contributed by atoms with Crippen molar-refractivity contribution in [1.29, 1.82) is 10.5 Å². The summed E-state index contributed by atoms with van der Waals surface area (Å²) in [5.41, 5.74) is 0.890. The average molecular weight is 241 g/mol. The molecule has 1 aliphatic rings. The number of nitrogens with zero attached hydrogens (tertiary/aromatic N) is 3. The molecule has 0 fully saturated rings. The lowest BCUT2D eigenvalue weighted by molar-refractivity contribution is 0.0519. The van der Waals surface area contributed by atoms with Gasteiger partial charge in [0.25, 0.3) is 0 Å². The van der Waals surface area contributed by atoms with Crippen LogP contribution >= 0.6 is 0 Å². The lowest BCUT2D eigenvalue weighted by Crippen LogP contribution is -2.15. The van der Waals surface area contributed by atoms with E-state index in [-0.39, 0.29) is 12.3 Å². The number of esters is 1. The molecule has 5 heteroatoms. The summed E-state index contributed by atoms with van der Waals surface area (Å²) in [6, 6.07) is 5.70. The van der Waals surface area contributed by atoms with Crippen LogP contribution in [-0.4, -0.2) is 17.6 Å². The molecule has 1 heterocycles. The molecule has 0 atom stereocenters. The van der Waals surface area contributed by atoms with Crippen LogP contribution in [0.25, 0.3) is 0 Å². The van der Waals surface area contributed by atoms with Gasteiger partial charge in [-0.2, -0.15) is 10.5 Å². The summed E-state index contributed by atoms with van der Waals surface area (Å²) in [7, 11) is 0. The van der Waals surface area contributed by atoms with Gasteiger partial charge in [-0.3, -0.25) is 0 Å². The largest absolute Gasteiger partial charge is 0.461 e. The number of fused-ring (bicyclic) bond motifs is 1. The number of nitriles is 2. The first-order valence-electron chi connectivity index (χ1n) is 5.61. The van der Waals surface area contributed by atoms with Gasteiger partial charge in [-0.15, -0.1) is 0 Å². The van der Waals surface area contributed by atoms with Crippen LogP contribution in [-0.2, 0) is 17.6 Å². The number of pyridine rings is 1. The number of carbonyl (C=O) groups excluding carboxylic acids is 1. The molecule has 90 valence electrons. The van der Waals surface area contributed by atoms with Crippen molar-refractivity contribution >= 4 is 5.97 Å². The maximum absolute atomic E-state index is 11.5. The van der Waals surface area contributed by atoms with E-state index >= 15 is 0 Å². The highest BCUT2D eigenvalue weighted by Crippen LogP contribution is 2.35. The fraction of sp³-hybridized carbons (Fsp3) is 0.385. The zero-order chi connectivity index (χ0) is 13.2. The molecule has 0 amide bonds. The molecule has 0 saturated carbocycles. The third-order valence-corrected chi connectivity index (χ3v) is 2.98. The lowest BCUT2D eigenvalue weighted by Gasteiger charge is -2.06. The molecule has 2 rings (SSSR count). The number of rotatable bonds is 2. The molecular weight excluding hydrogens is 230 g/mol. The summed E-state index contributed by atoms with van der Waals surface area (Å²) < 4.78 is 4.86. The Morgan fingerprint density at radius 2 is 2.11 bits per heavy atom. The summed E-state index contributed by atoms with van der Waals surface area (Å²) >= 11 is 0. The highest BCUT2D eigenvalue weighted by Gasteiger charge is 2.38. The van der Waals surface area contributed by atoms with Crippen LogP contribution in [0.3, 0.4) is 0 Å². The third-order valence-electron chi connectivity index (χ3n) is 2.98. The lowest BCUT2D eigenvalue weighted by atomic mass is 9.89. The van der Waals surface area contributed by atoms with Crippen molar-refractivity contribution < 1.29 is 9.53 Å². The fourth-order valence-electron chi connectivity index (χ4n) is 2.06. The number of hydrogen-bond acceptors (Lipinski definition) is 5. The second-order valence-electron chi connectivity index (χ2n) is 4.22. The number of ether oxygens (including phenoxy) is 1. The Balaban J connectivity index is 2.31. The molecule has 0 aromatic carbocycles. The van der Waals surface area contributed by atoms with E-state index in [9.17, 15) is 4.79 Å². The molecule has 1 aromatic rings. The predicted octanol–water partition coefficient (Wildman–Crippen LogP) is 1.39. The van der Waals surface area contributed by atoms with Gasteiger partial charge in [0.2, 0.25) is 0 Å². The van der Waals surface area contributed by atoms with Gasteiger partial charge in [0.1, 0.15) is 5.69 Å². The zero-order valence-electron chi connectivity index (χ0n) is 9.93. The second-order valence-corrected chi connectivity index (χ2v) is 4.22. The second kappa shape index (κ2) is 4.46. The minimum Gasteiger partial charge on any atom is -0.461 e. The zero-order valence-corrected chi connectivity index (χ0v) is 9.93. The predicted molar refractivity (Wildman–Crippen MR) is 61.3 cm³/mol. The highest BCUT2D eigenvalue weighted by atomic mass is 16.5. The quantitative estimate of drug-likeness (QED) is 0.730. The minimum absolute atomic E-state index is 0.224. The van der Waals surface area contributed by atoms with E-state index in [1.54, 1.807) is 19.2 Å². The van der Waals surface area contributed by atoms with Crippen LogP contribution in [0, 0.1) is 28.1 Å². The van der Waals surface area contributed by atoms with Crippen molar-refractivity contribution in [2.45, 2.75) is 19.8 Å². The average Bonchev–Trinajstić information content (AvgIpc) is 2.77. The van der Waals surface area contributed by atoms with Crippen molar-refractivity contribution in [1.82, 2.24) is 4.98 Å². The normalized spacial score (nSPS) is 15.3.